The van der Waals surface area contributed by atoms with Crippen LogP contribution < -0.4 is 5.32 Å². The molecule has 0 radical (unpaired) electrons. The van der Waals surface area contributed by atoms with Crippen molar-refractivity contribution in [1.82, 2.24) is 0 Å². The van der Waals surface area contributed by atoms with E-state index in [4.69, 9.17) is 4.74 Å². The van der Waals surface area contributed by atoms with E-state index >= 15 is 0 Å². The first-order valence-corrected chi connectivity index (χ1v) is 7.35. The number of hydrogen-bond donors (Lipinski definition) is 1. The average Bonchev–Trinajstić information content (AvgIpc) is 2.49. The molecule has 0 aliphatic carbocycles. The lowest BCUT2D eigenvalue weighted by Crippen LogP contribution is -2.14. The molecule has 4 nitrogen and oxygen atoms in total. The SMILES string of the molecule is COC(=O)c1cccc(NC(=O)c2ccc(I)cc2)c1C. The molecule has 0 unspecified atom stereocenters. The van der Waals surface area contributed by atoms with E-state index in [0.29, 0.717) is 22.4 Å². The van der Waals surface area contributed by atoms with Crippen LogP contribution >= 0.6 is 22.6 Å². The molecular formula is C16H14INO3. The zero-order chi connectivity index (χ0) is 15.4. The van der Waals surface area contributed by atoms with Crippen molar-refractivity contribution < 1.29 is 14.3 Å². The molecule has 0 aliphatic rings. The molecule has 0 bridgehead atoms. The van der Waals surface area contributed by atoms with Gasteiger partial charge in [0, 0.05) is 14.8 Å². The van der Waals surface area contributed by atoms with Gasteiger partial charge in [-0.05, 0) is 71.5 Å². The quantitative estimate of drug-likeness (QED) is 0.638. The molecule has 0 aliphatic heterocycles. The van der Waals surface area contributed by atoms with Gasteiger partial charge in [0.05, 0.1) is 12.7 Å². The van der Waals surface area contributed by atoms with Gasteiger partial charge in [0.1, 0.15) is 0 Å². The number of ether oxygens (including phenoxy) is 1. The maximum Gasteiger partial charge on any atom is 0.338 e. The van der Waals surface area contributed by atoms with Crippen LogP contribution in [0.4, 0.5) is 5.69 Å². The van der Waals surface area contributed by atoms with Crippen LogP contribution in [0.1, 0.15) is 26.3 Å². The summed E-state index contributed by atoms with van der Waals surface area (Å²) in [5.41, 5.74) is 2.29. The second-order valence-corrected chi connectivity index (χ2v) is 5.68. The minimum Gasteiger partial charge on any atom is -0.465 e. The predicted molar refractivity (Wildman–Crippen MR) is 89.6 cm³/mol. The standard InChI is InChI=1S/C16H14INO3/c1-10-13(16(20)21-2)4-3-5-14(10)18-15(19)11-6-8-12(17)9-7-11/h3-9H,1-2H3,(H,18,19). The predicted octanol–water partition coefficient (Wildman–Crippen LogP) is 3.64. The summed E-state index contributed by atoms with van der Waals surface area (Å²) in [6.45, 7) is 1.77. The fourth-order valence-electron chi connectivity index (χ4n) is 1.90. The smallest absolute Gasteiger partial charge is 0.338 e. The molecule has 0 fully saturated rings. The van der Waals surface area contributed by atoms with E-state index in [1.165, 1.54) is 7.11 Å². The molecule has 0 saturated heterocycles. The van der Waals surface area contributed by atoms with Crippen LogP contribution in [-0.2, 0) is 4.74 Å². The lowest BCUT2D eigenvalue weighted by Gasteiger charge is -2.11. The summed E-state index contributed by atoms with van der Waals surface area (Å²) in [5, 5.41) is 2.82. The highest BCUT2D eigenvalue weighted by Crippen LogP contribution is 2.20. The fourth-order valence-corrected chi connectivity index (χ4v) is 2.26. The van der Waals surface area contributed by atoms with Gasteiger partial charge in [-0.1, -0.05) is 6.07 Å². The maximum atomic E-state index is 12.2. The normalized spacial score (nSPS) is 10.0. The number of benzene rings is 2. The second kappa shape index (κ2) is 6.71. The van der Waals surface area contributed by atoms with Gasteiger partial charge in [-0.25, -0.2) is 4.79 Å². The summed E-state index contributed by atoms with van der Waals surface area (Å²) in [6, 6.07) is 12.4. The highest BCUT2D eigenvalue weighted by atomic mass is 127. The number of rotatable bonds is 3. The van der Waals surface area contributed by atoms with Crippen molar-refractivity contribution in [1.29, 1.82) is 0 Å². The summed E-state index contributed by atoms with van der Waals surface area (Å²) in [4.78, 5) is 23.8. The number of amides is 1. The average molecular weight is 395 g/mol. The number of esters is 1. The summed E-state index contributed by atoms with van der Waals surface area (Å²) in [6.07, 6.45) is 0. The molecule has 0 spiro atoms. The maximum absolute atomic E-state index is 12.2. The third-order valence-corrected chi connectivity index (χ3v) is 3.81. The Bertz CT molecular complexity index is 680. The molecule has 21 heavy (non-hydrogen) atoms. The van der Waals surface area contributed by atoms with Crippen molar-refractivity contribution in [3.8, 4) is 0 Å². The summed E-state index contributed by atoms with van der Waals surface area (Å²) in [5.74, 6) is -0.630. The Hall–Kier alpha value is -1.89. The van der Waals surface area contributed by atoms with Crippen molar-refractivity contribution in [2.45, 2.75) is 6.92 Å². The van der Waals surface area contributed by atoms with Crippen LogP contribution in [0, 0.1) is 10.5 Å². The topological polar surface area (TPSA) is 55.4 Å². The number of hydrogen-bond acceptors (Lipinski definition) is 3. The zero-order valence-corrected chi connectivity index (χ0v) is 13.8. The number of halogens is 1. The van der Waals surface area contributed by atoms with Crippen LogP contribution in [0.15, 0.2) is 42.5 Å². The molecule has 1 amide bonds. The van der Waals surface area contributed by atoms with E-state index in [2.05, 4.69) is 27.9 Å². The number of nitrogens with one attached hydrogen (secondary N) is 1. The van der Waals surface area contributed by atoms with Gasteiger partial charge in [0.15, 0.2) is 0 Å². The fraction of sp³-hybridized carbons (Fsp3) is 0.125. The van der Waals surface area contributed by atoms with E-state index in [1.54, 1.807) is 37.3 Å². The van der Waals surface area contributed by atoms with Gasteiger partial charge >= 0.3 is 5.97 Å². The monoisotopic (exact) mass is 395 g/mol. The Labute approximate surface area is 136 Å². The molecule has 108 valence electrons. The Balaban J connectivity index is 2.25. The molecule has 2 rings (SSSR count). The molecular weight excluding hydrogens is 381 g/mol. The van der Waals surface area contributed by atoms with Gasteiger partial charge in [-0.2, -0.15) is 0 Å². The van der Waals surface area contributed by atoms with Crippen LogP contribution in [-0.4, -0.2) is 19.0 Å². The second-order valence-electron chi connectivity index (χ2n) is 4.43. The third kappa shape index (κ3) is 3.60. The van der Waals surface area contributed by atoms with Gasteiger partial charge in [0.25, 0.3) is 5.91 Å². The first kappa shape index (κ1) is 15.5. The zero-order valence-electron chi connectivity index (χ0n) is 11.6. The van der Waals surface area contributed by atoms with E-state index < -0.39 is 5.97 Å². The molecule has 2 aromatic carbocycles. The van der Waals surface area contributed by atoms with Crippen molar-refractivity contribution >= 4 is 40.2 Å². The Kier molecular flexibility index (Phi) is 4.95. The number of anilines is 1. The van der Waals surface area contributed by atoms with Gasteiger partial charge in [-0.3, -0.25) is 4.79 Å². The summed E-state index contributed by atoms with van der Waals surface area (Å²) >= 11 is 2.18. The Morgan fingerprint density at radius 3 is 2.38 bits per heavy atom. The lowest BCUT2D eigenvalue weighted by molar-refractivity contribution is 0.0599. The van der Waals surface area contributed by atoms with E-state index in [-0.39, 0.29) is 5.91 Å². The highest BCUT2D eigenvalue weighted by Gasteiger charge is 2.14. The van der Waals surface area contributed by atoms with Crippen molar-refractivity contribution in [3.63, 3.8) is 0 Å². The first-order valence-electron chi connectivity index (χ1n) is 6.27. The van der Waals surface area contributed by atoms with E-state index in [0.717, 1.165) is 3.57 Å². The van der Waals surface area contributed by atoms with Gasteiger partial charge in [0.2, 0.25) is 0 Å². The van der Waals surface area contributed by atoms with E-state index in [9.17, 15) is 9.59 Å². The van der Waals surface area contributed by atoms with Crippen molar-refractivity contribution in [2.24, 2.45) is 0 Å². The van der Waals surface area contributed by atoms with Crippen LogP contribution in [0.25, 0.3) is 0 Å². The molecule has 0 heterocycles. The summed E-state index contributed by atoms with van der Waals surface area (Å²) < 4.78 is 5.79. The molecule has 5 heteroatoms. The van der Waals surface area contributed by atoms with Crippen molar-refractivity contribution in [3.05, 3.63) is 62.7 Å². The minimum atomic E-state index is -0.419. The lowest BCUT2D eigenvalue weighted by atomic mass is 10.1. The van der Waals surface area contributed by atoms with Crippen LogP contribution in [0.2, 0.25) is 0 Å². The number of methoxy groups -OCH3 is 1. The van der Waals surface area contributed by atoms with Gasteiger partial charge < -0.3 is 10.1 Å². The van der Waals surface area contributed by atoms with Crippen molar-refractivity contribution in [2.75, 3.05) is 12.4 Å². The Morgan fingerprint density at radius 2 is 1.76 bits per heavy atom. The number of carbonyl (C=O) groups is 2. The van der Waals surface area contributed by atoms with Crippen LogP contribution in [0.3, 0.4) is 0 Å². The number of carbonyl (C=O) groups excluding carboxylic acids is 2. The molecule has 0 aromatic heterocycles. The summed E-state index contributed by atoms with van der Waals surface area (Å²) in [7, 11) is 1.33. The largest absolute Gasteiger partial charge is 0.465 e. The molecule has 1 N–H and O–H groups in total. The molecule has 0 atom stereocenters. The van der Waals surface area contributed by atoms with Gasteiger partial charge in [-0.15, -0.1) is 0 Å². The Morgan fingerprint density at radius 1 is 1.10 bits per heavy atom. The minimum absolute atomic E-state index is 0.212. The van der Waals surface area contributed by atoms with Crippen LogP contribution in [0.5, 0.6) is 0 Å². The first-order chi connectivity index (χ1) is 10.0. The van der Waals surface area contributed by atoms with E-state index in [1.807, 2.05) is 12.1 Å². The molecule has 2 aromatic rings. The highest BCUT2D eigenvalue weighted by molar-refractivity contribution is 14.1. The molecule has 0 saturated carbocycles. The third-order valence-electron chi connectivity index (χ3n) is 3.09.